The lowest BCUT2D eigenvalue weighted by atomic mass is 9.98. The number of ketones is 1. The Labute approximate surface area is 122 Å². The van der Waals surface area contributed by atoms with E-state index in [1.807, 2.05) is 43.3 Å². The van der Waals surface area contributed by atoms with Crippen LogP contribution in [0, 0.1) is 6.92 Å². The highest BCUT2D eigenvalue weighted by Gasteiger charge is 2.13. The number of fused-ring (bicyclic) bond motifs is 1. The number of carbonyl (C=O) groups is 1. The third-order valence-electron chi connectivity index (χ3n) is 3.36. The van der Waals surface area contributed by atoms with Crippen molar-refractivity contribution in [2.24, 2.45) is 0 Å². The number of pyridine rings is 1. The predicted molar refractivity (Wildman–Crippen MR) is 81.4 cm³/mol. The Morgan fingerprint density at radius 1 is 1.15 bits per heavy atom. The lowest BCUT2D eigenvalue weighted by Gasteiger charge is -2.07. The minimum Gasteiger partial charge on any atom is -0.289 e. The zero-order valence-electron chi connectivity index (χ0n) is 10.9. The molecule has 2 nitrogen and oxygen atoms in total. The van der Waals surface area contributed by atoms with E-state index in [-0.39, 0.29) is 5.78 Å². The minimum atomic E-state index is -0.0244. The van der Waals surface area contributed by atoms with Crippen molar-refractivity contribution in [1.29, 1.82) is 0 Å². The Hall–Kier alpha value is -2.19. The molecule has 0 saturated carbocycles. The highest BCUT2D eigenvalue weighted by atomic mass is 35.5. The van der Waals surface area contributed by atoms with Gasteiger partial charge >= 0.3 is 0 Å². The van der Waals surface area contributed by atoms with Crippen molar-refractivity contribution >= 4 is 28.2 Å². The van der Waals surface area contributed by atoms with Gasteiger partial charge in [0.25, 0.3) is 0 Å². The van der Waals surface area contributed by atoms with Gasteiger partial charge < -0.3 is 0 Å². The van der Waals surface area contributed by atoms with Crippen LogP contribution in [0.1, 0.15) is 21.5 Å². The molecule has 3 rings (SSSR count). The van der Waals surface area contributed by atoms with Crippen molar-refractivity contribution in [3.8, 4) is 0 Å². The monoisotopic (exact) mass is 281 g/mol. The molecule has 0 fully saturated rings. The first-order valence-corrected chi connectivity index (χ1v) is 6.68. The number of hydrogen-bond acceptors (Lipinski definition) is 2. The third kappa shape index (κ3) is 2.19. The summed E-state index contributed by atoms with van der Waals surface area (Å²) >= 11 is 6.10. The standard InChI is InChI=1S/C17H12ClNO/c1-11-5-6-12(9-16(11)18)17(20)15-4-2-3-13-10-19-8-7-14(13)15/h2-10H,1H3. The van der Waals surface area contributed by atoms with Crippen LogP contribution in [0.4, 0.5) is 0 Å². The van der Waals surface area contributed by atoms with Crippen molar-refractivity contribution in [3.63, 3.8) is 0 Å². The predicted octanol–water partition coefficient (Wildman–Crippen LogP) is 4.43. The summed E-state index contributed by atoms with van der Waals surface area (Å²) in [5.74, 6) is -0.0244. The number of halogens is 1. The van der Waals surface area contributed by atoms with Gasteiger partial charge in [0, 0.05) is 33.9 Å². The molecule has 20 heavy (non-hydrogen) atoms. The Bertz CT molecular complexity index is 806. The topological polar surface area (TPSA) is 30.0 Å². The number of aromatic nitrogens is 1. The van der Waals surface area contributed by atoms with Crippen molar-refractivity contribution in [3.05, 3.63) is 76.6 Å². The fourth-order valence-electron chi connectivity index (χ4n) is 2.21. The zero-order valence-corrected chi connectivity index (χ0v) is 11.7. The van der Waals surface area contributed by atoms with Crippen LogP contribution in [0.3, 0.4) is 0 Å². The maximum atomic E-state index is 12.6. The van der Waals surface area contributed by atoms with E-state index >= 15 is 0 Å². The number of carbonyl (C=O) groups excluding carboxylic acids is 1. The van der Waals surface area contributed by atoms with Gasteiger partial charge in [0.2, 0.25) is 0 Å². The highest BCUT2D eigenvalue weighted by molar-refractivity contribution is 6.32. The molecule has 0 N–H and O–H groups in total. The van der Waals surface area contributed by atoms with Crippen LogP contribution in [0.25, 0.3) is 10.8 Å². The molecule has 0 bridgehead atoms. The first kappa shape index (κ1) is 12.8. The number of benzene rings is 2. The van der Waals surface area contributed by atoms with Crippen LogP contribution in [-0.2, 0) is 0 Å². The minimum absolute atomic E-state index is 0.0244. The van der Waals surface area contributed by atoms with E-state index in [0.29, 0.717) is 16.1 Å². The maximum Gasteiger partial charge on any atom is 0.193 e. The summed E-state index contributed by atoms with van der Waals surface area (Å²) in [6.45, 7) is 1.92. The normalized spacial score (nSPS) is 10.7. The van der Waals surface area contributed by atoms with Gasteiger partial charge in [0.1, 0.15) is 0 Å². The average Bonchev–Trinajstić information content (AvgIpc) is 2.49. The van der Waals surface area contributed by atoms with Gasteiger partial charge in [0.15, 0.2) is 5.78 Å². The summed E-state index contributed by atoms with van der Waals surface area (Å²) in [6, 6.07) is 12.9. The van der Waals surface area contributed by atoms with Crippen molar-refractivity contribution in [1.82, 2.24) is 4.98 Å². The van der Waals surface area contributed by atoms with Crippen LogP contribution in [0.2, 0.25) is 5.02 Å². The quantitative estimate of drug-likeness (QED) is 0.651. The Morgan fingerprint density at radius 3 is 2.80 bits per heavy atom. The maximum absolute atomic E-state index is 12.6. The van der Waals surface area contributed by atoms with Crippen LogP contribution >= 0.6 is 11.6 Å². The van der Waals surface area contributed by atoms with Crippen molar-refractivity contribution in [2.45, 2.75) is 6.92 Å². The molecule has 0 aliphatic carbocycles. The largest absolute Gasteiger partial charge is 0.289 e. The van der Waals surface area contributed by atoms with E-state index in [0.717, 1.165) is 16.3 Å². The number of aryl methyl sites for hydroxylation is 1. The van der Waals surface area contributed by atoms with Gasteiger partial charge in [-0.2, -0.15) is 0 Å². The molecule has 0 unspecified atom stereocenters. The first-order chi connectivity index (χ1) is 9.66. The molecular weight excluding hydrogens is 270 g/mol. The summed E-state index contributed by atoms with van der Waals surface area (Å²) in [5, 5.41) is 2.47. The van der Waals surface area contributed by atoms with Gasteiger partial charge in [-0.15, -0.1) is 0 Å². The molecule has 1 aromatic heterocycles. The average molecular weight is 282 g/mol. The number of rotatable bonds is 2. The van der Waals surface area contributed by atoms with E-state index in [1.54, 1.807) is 18.5 Å². The van der Waals surface area contributed by atoms with Gasteiger partial charge in [-0.3, -0.25) is 9.78 Å². The first-order valence-electron chi connectivity index (χ1n) is 6.30. The Balaban J connectivity index is 2.15. The van der Waals surface area contributed by atoms with Gasteiger partial charge in [-0.25, -0.2) is 0 Å². The van der Waals surface area contributed by atoms with Crippen LogP contribution in [-0.4, -0.2) is 10.8 Å². The molecule has 1 heterocycles. The molecule has 0 radical (unpaired) electrons. The molecule has 98 valence electrons. The zero-order chi connectivity index (χ0) is 14.1. The third-order valence-corrected chi connectivity index (χ3v) is 3.77. The Kier molecular flexibility index (Phi) is 3.25. The van der Waals surface area contributed by atoms with Gasteiger partial charge in [0.05, 0.1) is 0 Å². The fourth-order valence-corrected chi connectivity index (χ4v) is 2.39. The number of hydrogen-bond donors (Lipinski definition) is 0. The summed E-state index contributed by atoms with van der Waals surface area (Å²) in [7, 11) is 0. The smallest absolute Gasteiger partial charge is 0.193 e. The lowest BCUT2D eigenvalue weighted by Crippen LogP contribution is -2.02. The molecule has 0 aliphatic heterocycles. The summed E-state index contributed by atoms with van der Waals surface area (Å²) in [5.41, 5.74) is 2.24. The second kappa shape index (κ2) is 5.06. The van der Waals surface area contributed by atoms with E-state index in [1.165, 1.54) is 0 Å². The summed E-state index contributed by atoms with van der Waals surface area (Å²) in [6.07, 6.45) is 3.45. The van der Waals surface area contributed by atoms with Crippen molar-refractivity contribution < 1.29 is 4.79 Å². The van der Waals surface area contributed by atoms with Crippen LogP contribution < -0.4 is 0 Å². The number of nitrogens with zero attached hydrogens (tertiary/aromatic N) is 1. The molecular formula is C17H12ClNO. The molecule has 0 spiro atoms. The molecule has 0 saturated heterocycles. The molecule has 3 aromatic rings. The van der Waals surface area contributed by atoms with Crippen LogP contribution in [0.15, 0.2) is 54.9 Å². The van der Waals surface area contributed by atoms with Gasteiger partial charge in [-0.1, -0.05) is 41.9 Å². The van der Waals surface area contributed by atoms with Crippen LogP contribution in [0.5, 0.6) is 0 Å². The molecule has 0 aliphatic rings. The summed E-state index contributed by atoms with van der Waals surface area (Å²) in [4.78, 5) is 16.7. The fraction of sp³-hybridized carbons (Fsp3) is 0.0588. The second-order valence-electron chi connectivity index (χ2n) is 4.70. The molecule has 0 amide bonds. The van der Waals surface area contributed by atoms with Crippen molar-refractivity contribution in [2.75, 3.05) is 0 Å². The highest BCUT2D eigenvalue weighted by Crippen LogP contribution is 2.23. The van der Waals surface area contributed by atoms with Gasteiger partial charge in [-0.05, 0) is 30.0 Å². The van der Waals surface area contributed by atoms with E-state index in [2.05, 4.69) is 4.98 Å². The molecule has 2 aromatic carbocycles. The summed E-state index contributed by atoms with van der Waals surface area (Å²) < 4.78 is 0. The van der Waals surface area contributed by atoms with E-state index < -0.39 is 0 Å². The molecule has 0 atom stereocenters. The Morgan fingerprint density at radius 2 is 2.00 bits per heavy atom. The lowest BCUT2D eigenvalue weighted by molar-refractivity contribution is 0.104. The SMILES string of the molecule is Cc1ccc(C(=O)c2cccc3cnccc23)cc1Cl. The van der Waals surface area contributed by atoms with E-state index in [4.69, 9.17) is 11.6 Å². The van der Waals surface area contributed by atoms with E-state index in [9.17, 15) is 4.79 Å². The molecule has 3 heteroatoms. The second-order valence-corrected chi connectivity index (χ2v) is 5.10.